The molecule has 1 aromatic carbocycles. The molecular formula is C11H8N2O4. The molecule has 0 amide bonds. The number of carbonyl (C=O) groups is 2. The van der Waals surface area contributed by atoms with Gasteiger partial charge in [-0.2, -0.15) is 0 Å². The Kier molecular flexibility index (Phi) is 2.61. The Morgan fingerprint density at radius 1 is 1.29 bits per heavy atom. The fraction of sp³-hybridized carbons (Fsp3) is 0. The summed E-state index contributed by atoms with van der Waals surface area (Å²) in [7, 11) is 0. The summed E-state index contributed by atoms with van der Waals surface area (Å²) in [4.78, 5) is 33.3. The number of carboxylic acids is 1. The van der Waals surface area contributed by atoms with Crippen LogP contribution in [-0.4, -0.2) is 27.1 Å². The van der Waals surface area contributed by atoms with E-state index in [0.29, 0.717) is 5.69 Å². The lowest BCUT2D eigenvalue weighted by molar-refractivity contribution is 0.0687. The van der Waals surface area contributed by atoms with Crippen LogP contribution in [0.4, 0.5) is 0 Å². The average Bonchev–Trinajstić information content (AvgIpc) is 2.67. The fourth-order valence-electron chi connectivity index (χ4n) is 1.48. The van der Waals surface area contributed by atoms with Crippen LogP contribution in [0.15, 0.2) is 35.1 Å². The summed E-state index contributed by atoms with van der Waals surface area (Å²) in [5.41, 5.74) is -1.01. The van der Waals surface area contributed by atoms with Gasteiger partial charge in [-0.1, -0.05) is 18.2 Å². The SMILES string of the molecule is O=Cc1c(C(=O)O)[nH]n(-c2ccccc2)c1=O. The van der Waals surface area contributed by atoms with Gasteiger partial charge in [0.15, 0.2) is 12.0 Å². The highest BCUT2D eigenvalue weighted by Gasteiger charge is 2.19. The van der Waals surface area contributed by atoms with E-state index in [1.165, 1.54) is 0 Å². The number of H-pyrrole nitrogens is 1. The summed E-state index contributed by atoms with van der Waals surface area (Å²) >= 11 is 0. The molecule has 0 aliphatic carbocycles. The molecule has 0 spiro atoms. The van der Waals surface area contributed by atoms with Gasteiger partial charge in [0.25, 0.3) is 5.56 Å². The van der Waals surface area contributed by atoms with Gasteiger partial charge in [-0.15, -0.1) is 0 Å². The Labute approximate surface area is 95.1 Å². The second kappa shape index (κ2) is 4.09. The number of aldehydes is 1. The average molecular weight is 232 g/mol. The van der Waals surface area contributed by atoms with Gasteiger partial charge >= 0.3 is 5.97 Å². The molecule has 17 heavy (non-hydrogen) atoms. The number of hydrogen-bond donors (Lipinski definition) is 2. The Balaban J connectivity index is 2.70. The molecule has 0 saturated heterocycles. The number of nitrogens with one attached hydrogen (secondary N) is 1. The Bertz CT molecular complexity index is 625. The molecule has 0 aliphatic rings. The molecule has 0 fully saturated rings. The van der Waals surface area contributed by atoms with Crippen molar-refractivity contribution in [3.63, 3.8) is 0 Å². The smallest absolute Gasteiger partial charge is 0.354 e. The van der Waals surface area contributed by atoms with Crippen LogP contribution in [0.2, 0.25) is 0 Å². The summed E-state index contributed by atoms with van der Waals surface area (Å²) in [6, 6.07) is 8.40. The molecular weight excluding hydrogens is 224 g/mol. The molecule has 6 nitrogen and oxygen atoms in total. The molecule has 6 heteroatoms. The summed E-state index contributed by atoms with van der Waals surface area (Å²) in [5.74, 6) is -1.35. The van der Waals surface area contributed by atoms with Crippen molar-refractivity contribution in [2.75, 3.05) is 0 Å². The minimum atomic E-state index is -1.35. The van der Waals surface area contributed by atoms with Gasteiger partial charge in [0.1, 0.15) is 5.56 Å². The molecule has 0 radical (unpaired) electrons. The van der Waals surface area contributed by atoms with Crippen molar-refractivity contribution in [3.8, 4) is 5.69 Å². The first kappa shape index (κ1) is 10.9. The first-order chi connectivity index (χ1) is 8.15. The van der Waals surface area contributed by atoms with E-state index in [2.05, 4.69) is 5.10 Å². The van der Waals surface area contributed by atoms with Crippen LogP contribution in [0.1, 0.15) is 20.8 Å². The minimum Gasteiger partial charge on any atom is -0.477 e. The fourth-order valence-corrected chi connectivity index (χ4v) is 1.48. The normalized spacial score (nSPS) is 10.1. The van der Waals surface area contributed by atoms with Crippen LogP contribution in [0, 0.1) is 0 Å². The third-order valence-electron chi connectivity index (χ3n) is 2.27. The molecule has 0 unspecified atom stereocenters. The van der Waals surface area contributed by atoms with Gasteiger partial charge in [0.2, 0.25) is 0 Å². The van der Waals surface area contributed by atoms with Gasteiger partial charge in [-0.25, -0.2) is 9.48 Å². The van der Waals surface area contributed by atoms with Crippen molar-refractivity contribution in [3.05, 3.63) is 51.9 Å². The Morgan fingerprint density at radius 3 is 2.41 bits per heavy atom. The van der Waals surface area contributed by atoms with E-state index in [1.807, 2.05) is 0 Å². The van der Waals surface area contributed by atoms with Gasteiger partial charge < -0.3 is 5.11 Å². The van der Waals surface area contributed by atoms with Crippen molar-refractivity contribution in [2.24, 2.45) is 0 Å². The largest absolute Gasteiger partial charge is 0.477 e. The lowest BCUT2D eigenvalue weighted by Crippen LogP contribution is -2.16. The number of aromatic nitrogens is 2. The Morgan fingerprint density at radius 2 is 1.94 bits per heavy atom. The van der Waals surface area contributed by atoms with Gasteiger partial charge in [0.05, 0.1) is 5.69 Å². The molecule has 2 aromatic rings. The molecule has 0 atom stereocenters. The van der Waals surface area contributed by atoms with Crippen molar-refractivity contribution in [2.45, 2.75) is 0 Å². The summed E-state index contributed by atoms with van der Waals surface area (Å²) in [6.45, 7) is 0. The number of aromatic amines is 1. The van der Waals surface area contributed by atoms with E-state index in [-0.39, 0.29) is 11.8 Å². The van der Waals surface area contributed by atoms with Gasteiger partial charge in [-0.3, -0.25) is 14.7 Å². The second-order valence-electron chi connectivity index (χ2n) is 3.30. The highest BCUT2D eigenvalue weighted by molar-refractivity contribution is 5.95. The van der Waals surface area contributed by atoms with Gasteiger partial charge in [0, 0.05) is 0 Å². The van der Waals surface area contributed by atoms with E-state index in [9.17, 15) is 14.4 Å². The number of carbonyl (C=O) groups excluding carboxylic acids is 1. The number of benzene rings is 1. The standard InChI is InChI=1S/C11H8N2O4/c14-6-8-9(11(16)17)12-13(10(8)15)7-4-2-1-3-5-7/h1-6,12H,(H,16,17). The van der Waals surface area contributed by atoms with E-state index in [0.717, 1.165) is 4.68 Å². The third-order valence-corrected chi connectivity index (χ3v) is 2.27. The van der Waals surface area contributed by atoms with E-state index >= 15 is 0 Å². The zero-order valence-electron chi connectivity index (χ0n) is 8.58. The van der Waals surface area contributed by atoms with Crippen LogP contribution >= 0.6 is 0 Å². The topological polar surface area (TPSA) is 92.2 Å². The van der Waals surface area contributed by atoms with Crippen molar-refractivity contribution < 1.29 is 14.7 Å². The summed E-state index contributed by atoms with van der Waals surface area (Å²) in [5, 5.41) is 11.2. The third kappa shape index (κ3) is 1.76. The first-order valence-electron chi connectivity index (χ1n) is 4.74. The lowest BCUT2D eigenvalue weighted by atomic mass is 10.2. The molecule has 0 aliphatic heterocycles. The van der Waals surface area contributed by atoms with Crippen LogP contribution in [0.5, 0.6) is 0 Å². The minimum absolute atomic E-state index is 0.238. The second-order valence-corrected chi connectivity index (χ2v) is 3.30. The lowest BCUT2D eigenvalue weighted by Gasteiger charge is -1.99. The van der Waals surface area contributed by atoms with E-state index in [1.54, 1.807) is 30.3 Å². The summed E-state index contributed by atoms with van der Waals surface area (Å²) in [6.07, 6.45) is 0.238. The monoisotopic (exact) mass is 232 g/mol. The molecule has 1 aromatic heterocycles. The number of para-hydroxylation sites is 1. The van der Waals surface area contributed by atoms with E-state index in [4.69, 9.17) is 5.11 Å². The maximum absolute atomic E-state index is 11.8. The first-order valence-corrected chi connectivity index (χ1v) is 4.74. The molecule has 0 bridgehead atoms. The predicted molar refractivity (Wildman–Crippen MR) is 58.7 cm³/mol. The molecule has 2 N–H and O–H groups in total. The number of aromatic carboxylic acids is 1. The number of rotatable bonds is 3. The van der Waals surface area contributed by atoms with Crippen LogP contribution < -0.4 is 5.56 Å². The highest BCUT2D eigenvalue weighted by atomic mass is 16.4. The predicted octanol–water partition coefficient (Wildman–Crippen LogP) is 0.676. The highest BCUT2D eigenvalue weighted by Crippen LogP contribution is 2.06. The molecule has 1 heterocycles. The number of nitrogens with zero attached hydrogens (tertiary/aromatic N) is 1. The molecule has 0 saturated carbocycles. The van der Waals surface area contributed by atoms with Crippen LogP contribution in [0.25, 0.3) is 5.69 Å². The van der Waals surface area contributed by atoms with Gasteiger partial charge in [-0.05, 0) is 12.1 Å². The van der Waals surface area contributed by atoms with Crippen molar-refractivity contribution in [1.82, 2.24) is 9.78 Å². The summed E-state index contributed by atoms with van der Waals surface area (Å²) < 4.78 is 1.02. The van der Waals surface area contributed by atoms with E-state index < -0.39 is 17.2 Å². The maximum Gasteiger partial charge on any atom is 0.354 e. The van der Waals surface area contributed by atoms with Crippen molar-refractivity contribution in [1.29, 1.82) is 0 Å². The van der Waals surface area contributed by atoms with Crippen LogP contribution in [0.3, 0.4) is 0 Å². The Hall–Kier alpha value is -2.63. The zero-order valence-corrected chi connectivity index (χ0v) is 8.58. The molecule has 2 rings (SSSR count). The van der Waals surface area contributed by atoms with Crippen LogP contribution in [-0.2, 0) is 0 Å². The maximum atomic E-state index is 11.8. The molecule has 86 valence electrons. The number of hydrogen-bond acceptors (Lipinski definition) is 3. The number of carboxylic acid groups (broad SMARTS) is 1. The van der Waals surface area contributed by atoms with Crippen molar-refractivity contribution >= 4 is 12.3 Å². The zero-order chi connectivity index (χ0) is 12.4. The quantitative estimate of drug-likeness (QED) is 0.761.